The number of fused-ring (bicyclic) bond motifs is 1. The largest absolute Gasteiger partial charge is 0.334 e. The molecule has 0 aliphatic carbocycles. The van der Waals surface area contributed by atoms with Crippen molar-refractivity contribution in [2.24, 2.45) is 0 Å². The average molecular weight is 325 g/mol. The molecule has 0 saturated carbocycles. The maximum atomic E-state index is 6.00. The number of aromatic nitrogens is 4. The molecule has 0 radical (unpaired) electrons. The minimum Gasteiger partial charge on any atom is -0.334 e. The maximum Gasteiger partial charge on any atom is 0.258 e. The second-order valence-corrected chi connectivity index (χ2v) is 5.60. The molecule has 0 aliphatic heterocycles. The number of halogens is 1. The Labute approximate surface area is 137 Å². The topological polar surface area (TPSA) is 56.7 Å². The predicted molar refractivity (Wildman–Crippen MR) is 89.1 cm³/mol. The number of benzene rings is 2. The lowest BCUT2D eigenvalue weighted by Gasteiger charge is -1.99. The van der Waals surface area contributed by atoms with Crippen molar-refractivity contribution < 1.29 is 4.52 Å². The molecule has 6 heteroatoms. The number of hydrogen-bond donors (Lipinski definition) is 0. The lowest BCUT2D eigenvalue weighted by atomic mass is 10.2. The van der Waals surface area contributed by atoms with Crippen molar-refractivity contribution in [1.82, 2.24) is 19.7 Å². The third kappa shape index (κ3) is 2.49. The van der Waals surface area contributed by atoms with Crippen LogP contribution in [0, 0.1) is 0 Å². The second-order valence-electron chi connectivity index (χ2n) is 5.17. The lowest BCUT2D eigenvalue weighted by molar-refractivity contribution is 0.432. The van der Waals surface area contributed by atoms with Crippen molar-refractivity contribution in [2.45, 2.75) is 13.5 Å². The second kappa shape index (κ2) is 5.52. The van der Waals surface area contributed by atoms with E-state index in [0.717, 1.165) is 28.7 Å². The first-order valence-corrected chi connectivity index (χ1v) is 7.67. The molecular weight excluding hydrogens is 312 g/mol. The Morgan fingerprint density at radius 1 is 1.13 bits per heavy atom. The number of hydrogen-bond acceptors (Lipinski definition) is 4. The Hall–Kier alpha value is -2.66. The van der Waals surface area contributed by atoms with Gasteiger partial charge in [0.25, 0.3) is 5.89 Å². The number of aryl methyl sites for hydroxylation is 1. The zero-order chi connectivity index (χ0) is 15.8. The van der Waals surface area contributed by atoms with Gasteiger partial charge in [0.15, 0.2) is 0 Å². The summed E-state index contributed by atoms with van der Waals surface area (Å²) in [6.45, 7) is 2.97. The molecular formula is C17H13ClN4O. The monoisotopic (exact) mass is 324 g/mol. The third-order valence-electron chi connectivity index (χ3n) is 3.72. The highest BCUT2D eigenvalue weighted by Crippen LogP contribution is 2.26. The smallest absolute Gasteiger partial charge is 0.258 e. The number of imidazole rings is 1. The van der Waals surface area contributed by atoms with Crippen LogP contribution in [0.15, 0.2) is 53.3 Å². The molecule has 0 bridgehead atoms. The van der Waals surface area contributed by atoms with Crippen molar-refractivity contribution in [3.63, 3.8) is 0 Å². The highest BCUT2D eigenvalue weighted by Gasteiger charge is 2.12. The molecule has 2 aromatic heterocycles. The van der Waals surface area contributed by atoms with Gasteiger partial charge in [-0.25, -0.2) is 4.98 Å². The lowest BCUT2D eigenvalue weighted by Crippen LogP contribution is -1.90. The van der Waals surface area contributed by atoms with E-state index in [-0.39, 0.29) is 0 Å². The summed E-state index contributed by atoms with van der Waals surface area (Å²) in [6.07, 6.45) is 1.84. The molecule has 2 aromatic carbocycles. The van der Waals surface area contributed by atoms with E-state index in [1.54, 1.807) is 12.1 Å². The zero-order valence-corrected chi connectivity index (χ0v) is 13.2. The Morgan fingerprint density at radius 2 is 2.04 bits per heavy atom. The fourth-order valence-corrected chi connectivity index (χ4v) is 2.72. The molecule has 0 N–H and O–H groups in total. The zero-order valence-electron chi connectivity index (χ0n) is 12.4. The van der Waals surface area contributed by atoms with Gasteiger partial charge in [0, 0.05) is 22.7 Å². The standard InChI is InChI=1S/C17H13ClN4O/c1-2-22-10-19-14-9-11(6-7-15(14)22)16-20-17(23-21-16)12-4-3-5-13(18)8-12/h3-10H,2H2,1H3. The van der Waals surface area contributed by atoms with Crippen LogP contribution in [-0.2, 0) is 6.54 Å². The van der Waals surface area contributed by atoms with E-state index < -0.39 is 0 Å². The number of rotatable bonds is 3. The molecule has 0 unspecified atom stereocenters. The predicted octanol–water partition coefficient (Wildman–Crippen LogP) is 4.43. The summed E-state index contributed by atoms with van der Waals surface area (Å²) in [6, 6.07) is 13.3. The van der Waals surface area contributed by atoms with E-state index in [1.807, 2.05) is 36.7 Å². The molecule has 0 amide bonds. The van der Waals surface area contributed by atoms with Gasteiger partial charge in [0.2, 0.25) is 5.82 Å². The van der Waals surface area contributed by atoms with E-state index in [2.05, 4.69) is 26.6 Å². The Balaban J connectivity index is 1.74. The molecule has 4 rings (SSSR count). The molecule has 0 atom stereocenters. The van der Waals surface area contributed by atoms with Crippen molar-refractivity contribution in [1.29, 1.82) is 0 Å². The first-order chi connectivity index (χ1) is 11.2. The fourth-order valence-electron chi connectivity index (χ4n) is 2.53. The Morgan fingerprint density at radius 3 is 2.87 bits per heavy atom. The van der Waals surface area contributed by atoms with Crippen LogP contribution in [0.5, 0.6) is 0 Å². The van der Waals surface area contributed by atoms with Crippen molar-refractivity contribution >= 4 is 22.6 Å². The number of nitrogens with zero attached hydrogens (tertiary/aromatic N) is 4. The van der Waals surface area contributed by atoms with Gasteiger partial charge in [-0.2, -0.15) is 4.98 Å². The van der Waals surface area contributed by atoms with E-state index in [1.165, 1.54) is 0 Å². The van der Waals surface area contributed by atoms with E-state index in [0.29, 0.717) is 16.7 Å². The van der Waals surface area contributed by atoms with Crippen LogP contribution in [0.4, 0.5) is 0 Å². The van der Waals surface area contributed by atoms with Crippen molar-refractivity contribution in [3.8, 4) is 22.8 Å². The van der Waals surface area contributed by atoms with E-state index in [9.17, 15) is 0 Å². The molecule has 2 heterocycles. The minimum atomic E-state index is 0.446. The van der Waals surface area contributed by atoms with Gasteiger partial charge < -0.3 is 9.09 Å². The molecule has 0 aliphatic rings. The molecule has 5 nitrogen and oxygen atoms in total. The molecule has 114 valence electrons. The third-order valence-corrected chi connectivity index (χ3v) is 3.95. The first kappa shape index (κ1) is 14.0. The van der Waals surface area contributed by atoms with Crippen LogP contribution < -0.4 is 0 Å². The van der Waals surface area contributed by atoms with Gasteiger partial charge in [-0.3, -0.25) is 0 Å². The SMILES string of the molecule is CCn1cnc2cc(-c3noc(-c4cccc(Cl)c4)n3)ccc21. The normalized spacial score (nSPS) is 11.2. The Kier molecular flexibility index (Phi) is 3.35. The van der Waals surface area contributed by atoms with Gasteiger partial charge in [-0.1, -0.05) is 22.8 Å². The van der Waals surface area contributed by atoms with Crippen LogP contribution >= 0.6 is 11.6 Å². The molecule has 4 aromatic rings. The molecule has 0 fully saturated rings. The Bertz CT molecular complexity index is 989. The van der Waals surface area contributed by atoms with Gasteiger partial charge in [0.1, 0.15) is 0 Å². The first-order valence-electron chi connectivity index (χ1n) is 7.29. The summed E-state index contributed by atoms with van der Waals surface area (Å²) >= 11 is 6.00. The molecule has 23 heavy (non-hydrogen) atoms. The molecule has 0 saturated heterocycles. The van der Waals surface area contributed by atoms with Crippen LogP contribution in [-0.4, -0.2) is 19.7 Å². The van der Waals surface area contributed by atoms with E-state index >= 15 is 0 Å². The van der Waals surface area contributed by atoms with Crippen molar-refractivity contribution in [2.75, 3.05) is 0 Å². The van der Waals surface area contributed by atoms with Crippen LogP contribution in [0.1, 0.15) is 6.92 Å². The van der Waals surface area contributed by atoms with Crippen LogP contribution in [0.2, 0.25) is 5.02 Å². The van der Waals surface area contributed by atoms with Crippen molar-refractivity contribution in [3.05, 3.63) is 53.8 Å². The summed E-state index contributed by atoms with van der Waals surface area (Å²) in [5.41, 5.74) is 3.68. The summed E-state index contributed by atoms with van der Waals surface area (Å²) < 4.78 is 7.44. The summed E-state index contributed by atoms with van der Waals surface area (Å²) in [4.78, 5) is 8.87. The summed E-state index contributed by atoms with van der Waals surface area (Å²) in [5, 5.41) is 4.70. The average Bonchev–Trinajstić information content (AvgIpc) is 3.21. The van der Waals surface area contributed by atoms with E-state index in [4.69, 9.17) is 16.1 Å². The van der Waals surface area contributed by atoms with Gasteiger partial charge in [-0.05, 0) is 43.3 Å². The van der Waals surface area contributed by atoms with Gasteiger partial charge >= 0.3 is 0 Å². The van der Waals surface area contributed by atoms with Gasteiger partial charge in [0.05, 0.1) is 17.4 Å². The quantitative estimate of drug-likeness (QED) is 0.559. The highest BCUT2D eigenvalue weighted by atomic mass is 35.5. The maximum absolute atomic E-state index is 6.00. The summed E-state index contributed by atoms with van der Waals surface area (Å²) in [5.74, 6) is 0.981. The highest BCUT2D eigenvalue weighted by molar-refractivity contribution is 6.30. The van der Waals surface area contributed by atoms with Gasteiger partial charge in [-0.15, -0.1) is 0 Å². The van der Waals surface area contributed by atoms with Crippen LogP contribution in [0.25, 0.3) is 33.9 Å². The summed E-state index contributed by atoms with van der Waals surface area (Å²) in [7, 11) is 0. The molecule has 0 spiro atoms. The van der Waals surface area contributed by atoms with Crippen LogP contribution in [0.3, 0.4) is 0 Å². The fraction of sp³-hybridized carbons (Fsp3) is 0.118. The minimum absolute atomic E-state index is 0.446.